The van der Waals surface area contributed by atoms with Crippen LogP contribution >= 0.6 is 11.6 Å². The first-order valence-corrected chi connectivity index (χ1v) is 5.05. The number of aromatic nitrogens is 1. The van der Waals surface area contributed by atoms with Crippen LogP contribution in [-0.4, -0.2) is 4.57 Å². The predicted octanol–water partition coefficient (Wildman–Crippen LogP) is 3.87. The van der Waals surface area contributed by atoms with Gasteiger partial charge in [-0.25, -0.2) is 0 Å². The summed E-state index contributed by atoms with van der Waals surface area (Å²) in [6, 6.07) is 8.05. The maximum Gasteiger partial charge on any atom is 0.0499 e. The van der Waals surface area contributed by atoms with Crippen molar-refractivity contribution in [2.24, 2.45) is 0 Å². The summed E-state index contributed by atoms with van der Waals surface area (Å²) in [6.45, 7) is 2.93. The van der Waals surface area contributed by atoms with Crippen molar-refractivity contribution in [3.8, 4) is 0 Å². The summed E-state index contributed by atoms with van der Waals surface area (Å²) in [5.41, 5.74) is 1.19. The highest BCUT2D eigenvalue weighted by atomic mass is 35.5. The lowest BCUT2D eigenvalue weighted by atomic mass is 10.2. The van der Waals surface area contributed by atoms with Gasteiger partial charge in [0.25, 0.3) is 0 Å². The monoisotopic (exact) mass is 205 g/mol. The SMILES string of the molecule is C/C=C/Cn1ccc2c(Cl)cccc21. The molecule has 2 aromatic rings. The second-order valence-electron chi connectivity index (χ2n) is 3.21. The lowest BCUT2D eigenvalue weighted by Gasteiger charge is -2.01. The van der Waals surface area contributed by atoms with E-state index in [1.165, 1.54) is 5.52 Å². The molecule has 14 heavy (non-hydrogen) atoms. The van der Waals surface area contributed by atoms with Gasteiger partial charge < -0.3 is 4.57 Å². The predicted molar refractivity (Wildman–Crippen MR) is 61.8 cm³/mol. The maximum atomic E-state index is 6.07. The summed E-state index contributed by atoms with van der Waals surface area (Å²) < 4.78 is 2.18. The first-order chi connectivity index (χ1) is 6.83. The van der Waals surface area contributed by atoms with Gasteiger partial charge in [-0.15, -0.1) is 0 Å². The molecule has 0 unspecified atom stereocenters. The lowest BCUT2D eigenvalue weighted by Crippen LogP contribution is -1.91. The molecule has 0 radical (unpaired) electrons. The molecule has 0 aliphatic carbocycles. The third kappa shape index (κ3) is 1.55. The van der Waals surface area contributed by atoms with Gasteiger partial charge in [-0.1, -0.05) is 29.8 Å². The van der Waals surface area contributed by atoms with Crippen LogP contribution in [0.3, 0.4) is 0 Å². The van der Waals surface area contributed by atoms with Gasteiger partial charge in [-0.2, -0.15) is 0 Å². The maximum absolute atomic E-state index is 6.07. The molecule has 0 spiro atoms. The first-order valence-electron chi connectivity index (χ1n) is 4.67. The van der Waals surface area contributed by atoms with Crippen LogP contribution in [0.2, 0.25) is 5.02 Å². The van der Waals surface area contributed by atoms with E-state index in [0.717, 1.165) is 17.0 Å². The van der Waals surface area contributed by atoms with Crippen LogP contribution in [0.5, 0.6) is 0 Å². The number of nitrogens with zero attached hydrogens (tertiary/aromatic N) is 1. The van der Waals surface area contributed by atoms with Crippen LogP contribution < -0.4 is 0 Å². The average molecular weight is 206 g/mol. The van der Waals surface area contributed by atoms with Crippen LogP contribution in [0, 0.1) is 0 Å². The fourth-order valence-electron chi connectivity index (χ4n) is 1.56. The van der Waals surface area contributed by atoms with E-state index in [4.69, 9.17) is 11.6 Å². The fourth-order valence-corrected chi connectivity index (χ4v) is 1.80. The Bertz CT molecular complexity index is 468. The van der Waals surface area contributed by atoms with E-state index in [0.29, 0.717) is 0 Å². The van der Waals surface area contributed by atoms with E-state index in [1.54, 1.807) is 0 Å². The van der Waals surface area contributed by atoms with Gasteiger partial charge in [0.05, 0.1) is 0 Å². The van der Waals surface area contributed by atoms with Gasteiger partial charge in [0.2, 0.25) is 0 Å². The van der Waals surface area contributed by atoms with Crippen molar-refractivity contribution in [2.75, 3.05) is 0 Å². The molecule has 1 aromatic heterocycles. The summed E-state index contributed by atoms with van der Waals surface area (Å²) in [7, 11) is 0. The summed E-state index contributed by atoms with van der Waals surface area (Å²) in [4.78, 5) is 0. The molecule has 1 nitrogen and oxygen atoms in total. The van der Waals surface area contributed by atoms with Gasteiger partial charge in [0.15, 0.2) is 0 Å². The van der Waals surface area contributed by atoms with Crippen LogP contribution in [-0.2, 0) is 6.54 Å². The van der Waals surface area contributed by atoms with Gasteiger partial charge in [-0.05, 0) is 25.1 Å². The highest BCUT2D eigenvalue weighted by molar-refractivity contribution is 6.35. The summed E-state index contributed by atoms with van der Waals surface area (Å²) >= 11 is 6.07. The Morgan fingerprint density at radius 3 is 3.00 bits per heavy atom. The van der Waals surface area contributed by atoms with Crippen LogP contribution in [0.4, 0.5) is 0 Å². The Morgan fingerprint density at radius 1 is 1.36 bits per heavy atom. The molecule has 0 atom stereocenters. The Hall–Kier alpha value is -1.21. The molecule has 1 aromatic carbocycles. The molecular formula is C12H12ClN. The minimum Gasteiger partial charge on any atom is -0.344 e. The van der Waals surface area contributed by atoms with Crippen molar-refractivity contribution in [2.45, 2.75) is 13.5 Å². The van der Waals surface area contributed by atoms with E-state index in [9.17, 15) is 0 Å². The Kier molecular flexibility index (Phi) is 2.60. The highest BCUT2D eigenvalue weighted by Gasteiger charge is 2.01. The molecule has 0 aliphatic heterocycles. The number of hydrogen-bond acceptors (Lipinski definition) is 0. The molecule has 0 amide bonds. The standard InChI is InChI=1S/C12H12ClN/c1-2-3-8-14-9-7-10-11(13)5-4-6-12(10)14/h2-7,9H,8H2,1H3/b3-2+. The number of allylic oxidation sites excluding steroid dienone is 2. The van der Waals surface area contributed by atoms with Crippen molar-refractivity contribution in [3.05, 3.63) is 47.6 Å². The second-order valence-corrected chi connectivity index (χ2v) is 3.62. The third-order valence-electron chi connectivity index (χ3n) is 2.30. The smallest absolute Gasteiger partial charge is 0.0499 e. The number of hydrogen-bond donors (Lipinski definition) is 0. The third-order valence-corrected chi connectivity index (χ3v) is 2.63. The molecule has 1 heterocycles. The molecule has 0 aliphatic rings. The quantitative estimate of drug-likeness (QED) is 0.656. The van der Waals surface area contributed by atoms with Gasteiger partial charge in [0.1, 0.15) is 0 Å². The first kappa shape index (κ1) is 9.35. The summed E-state index contributed by atoms with van der Waals surface area (Å²) in [6.07, 6.45) is 6.24. The Balaban J connectivity index is 2.52. The zero-order valence-corrected chi connectivity index (χ0v) is 8.83. The van der Waals surface area contributed by atoms with Crippen molar-refractivity contribution in [1.29, 1.82) is 0 Å². The van der Waals surface area contributed by atoms with Gasteiger partial charge in [-0.3, -0.25) is 0 Å². The molecule has 0 N–H and O–H groups in total. The van der Waals surface area contributed by atoms with Gasteiger partial charge >= 0.3 is 0 Å². The van der Waals surface area contributed by atoms with Crippen molar-refractivity contribution >= 4 is 22.5 Å². The molecule has 0 bridgehead atoms. The second kappa shape index (κ2) is 3.89. The number of fused-ring (bicyclic) bond motifs is 1. The minimum absolute atomic E-state index is 0.821. The molecule has 72 valence electrons. The van der Waals surface area contributed by atoms with Crippen LogP contribution in [0.25, 0.3) is 10.9 Å². The van der Waals surface area contributed by atoms with E-state index in [2.05, 4.69) is 35.0 Å². The average Bonchev–Trinajstić information content (AvgIpc) is 2.60. The van der Waals surface area contributed by atoms with Gasteiger partial charge in [0, 0.05) is 28.7 Å². The number of benzene rings is 1. The van der Waals surface area contributed by atoms with Crippen LogP contribution in [0.1, 0.15) is 6.92 Å². The molecule has 0 saturated heterocycles. The van der Waals surface area contributed by atoms with E-state index in [-0.39, 0.29) is 0 Å². The molecule has 0 fully saturated rings. The van der Waals surface area contributed by atoms with E-state index >= 15 is 0 Å². The van der Waals surface area contributed by atoms with E-state index in [1.807, 2.05) is 19.1 Å². The summed E-state index contributed by atoms with van der Waals surface area (Å²) in [5, 5.41) is 1.94. The largest absolute Gasteiger partial charge is 0.344 e. The van der Waals surface area contributed by atoms with Crippen LogP contribution in [0.15, 0.2) is 42.6 Å². The zero-order chi connectivity index (χ0) is 9.97. The topological polar surface area (TPSA) is 4.93 Å². The highest BCUT2D eigenvalue weighted by Crippen LogP contribution is 2.23. The molecule has 2 rings (SSSR count). The minimum atomic E-state index is 0.821. The number of halogens is 1. The Morgan fingerprint density at radius 2 is 2.21 bits per heavy atom. The van der Waals surface area contributed by atoms with Crippen molar-refractivity contribution in [1.82, 2.24) is 4.57 Å². The Labute approximate surface area is 88.6 Å². The number of rotatable bonds is 2. The van der Waals surface area contributed by atoms with Crippen molar-refractivity contribution in [3.63, 3.8) is 0 Å². The zero-order valence-electron chi connectivity index (χ0n) is 8.07. The van der Waals surface area contributed by atoms with E-state index < -0.39 is 0 Å². The lowest BCUT2D eigenvalue weighted by molar-refractivity contribution is 0.862. The fraction of sp³-hybridized carbons (Fsp3) is 0.167. The normalized spacial score (nSPS) is 11.6. The molecular weight excluding hydrogens is 194 g/mol. The molecule has 0 saturated carbocycles. The molecule has 2 heteroatoms. The summed E-state index contributed by atoms with van der Waals surface area (Å²) in [5.74, 6) is 0. The van der Waals surface area contributed by atoms with Crippen molar-refractivity contribution < 1.29 is 0 Å².